The van der Waals surface area contributed by atoms with Crippen molar-refractivity contribution in [2.75, 3.05) is 6.54 Å². The summed E-state index contributed by atoms with van der Waals surface area (Å²) < 4.78 is 5.77. The second kappa shape index (κ2) is 3.30. The van der Waals surface area contributed by atoms with E-state index in [1.807, 2.05) is 0 Å². The fourth-order valence-electron chi connectivity index (χ4n) is 2.08. The second-order valence-electron chi connectivity index (χ2n) is 5.01. The largest absolute Gasteiger partial charge is 0.423 e. The minimum Gasteiger partial charge on any atom is -0.423 e. The van der Waals surface area contributed by atoms with Crippen LogP contribution in [0.2, 0.25) is 0 Å². The third-order valence-electron chi connectivity index (χ3n) is 3.57. The van der Waals surface area contributed by atoms with E-state index in [1.54, 1.807) is 0 Å². The minimum absolute atomic E-state index is 0.194. The highest BCUT2D eigenvalue weighted by molar-refractivity contribution is 5.12. The number of nitrogens with one attached hydrogen (secondary N) is 1. The van der Waals surface area contributed by atoms with E-state index >= 15 is 0 Å². The number of piperidine rings is 1. The maximum absolute atomic E-state index is 5.77. The Morgan fingerprint density at radius 2 is 2.20 bits per heavy atom. The second-order valence-corrected chi connectivity index (χ2v) is 5.01. The highest BCUT2D eigenvalue weighted by Gasteiger charge is 2.44. The van der Waals surface area contributed by atoms with Crippen LogP contribution in [0.4, 0.5) is 0 Å². The Bertz CT molecular complexity index is 350. The highest BCUT2D eigenvalue weighted by Crippen LogP contribution is 2.47. The Kier molecular flexibility index (Phi) is 2.06. The third-order valence-corrected chi connectivity index (χ3v) is 3.57. The first-order valence-corrected chi connectivity index (χ1v) is 5.85. The molecule has 1 aromatic heterocycles. The zero-order chi connectivity index (χ0) is 10.3. The molecule has 0 aromatic carbocycles. The van der Waals surface area contributed by atoms with Gasteiger partial charge in [-0.3, -0.25) is 0 Å². The molecule has 1 saturated heterocycles. The summed E-state index contributed by atoms with van der Waals surface area (Å²) in [7, 11) is 0. The Morgan fingerprint density at radius 1 is 1.33 bits per heavy atom. The van der Waals surface area contributed by atoms with Crippen molar-refractivity contribution >= 4 is 0 Å². The molecule has 1 aliphatic heterocycles. The Morgan fingerprint density at radius 3 is 2.87 bits per heavy atom. The van der Waals surface area contributed by atoms with Crippen LogP contribution in [0.15, 0.2) is 4.42 Å². The van der Waals surface area contributed by atoms with Crippen molar-refractivity contribution in [3.8, 4) is 0 Å². The van der Waals surface area contributed by atoms with Crippen LogP contribution < -0.4 is 5.32 Å². The van der Waals surface area contributed by atoms with Gasteiger partial charge in [-0.2, -0.15) is 0 Å². The van der Waals surface area contributed by atoms with Gasteiger partial charge in [0.2, 0.25) is 11.8 Å². The van der Waals surface area contributed by atoms with Gasteiger partial charge in [0.05, 0.1) is 6.04 Å². The van der Waals surface area contributed by atoms with E-state index in [0.29, 0.717) is 6.04 Å². The number of rotatable bonds is 2. The van der Waals surface area contributed by atoms with Gasteiger partial charge in [-0.1, -0.05) is 13.3 Å². The SMILES string of the molecule is CC1(c2nnc(C3CCCCN3)o2)CC1. The van der Waals surface area contributed by atoms with Crippen LogP contribution in [0.1, 0.15) is 56.9 Å². The molecule has 1 saturated carbocycles. The van der Waals surface area contributed by atoms with E-state index in [4.69, 9.17) is 4.42 Å². The van der Waals surface area contributed by atoms with Crippen molar-refractivity contribution in [1.82, 2.24) is 15.5 Å². The molecule has 2 fully saturated rings. The molecule has 15 heavy (non-hydrogen) atoms. The summed E-state index contributed by atoms with van der Waals surface area (Å²) in [5.74, 6) is 1.63. The molecule has 0 amide bonds. The lowest BCUT2D eigenvalue weighted by Crippen LogP contribution is -2.26. The van der Waals surface area contributed by atoms with Crippen molar-refractivity contribution in [1.29, 1.82) is 0 Å². The summed E-state index contributed by atoms with van der Waals surface area (Å²) in [6.07, 6.45) is 6.01. The summed E-state index contributed by atoms with van der Waals surface area (Å²) in [5, 5.41) is 11.8. The highest BCUT2D eigenvalue weighted by atomic mass is 16.4. The first-order chi connectivity index (χ1) is 7.28. The van der Waals surface area contributed by atoms with Crippen molar-refractivity contribution in [2.24, 2.45) is 0 Å². The van der Waals surface area contributed by atoms with Gasteiger partial charge >= 0.3 is 0 Å². The van der Waals surface area contributed by atoms with Crippen molar-refractivity contribution in [2.45, 2.75) is 50.5 Å². The van der Waals surface area contributed by atoms with Crippen LogP contribution in [0.3, 0.4) is 0 Å². The topological polar surface area (TPSA) is 51.0 Å². The Balaban J connectivity index is 1.77. The molecule has 4 heteroatoms. The average molecular weight is 207 g/mol. The van der Waals surface area contributed by atoms with Crippen LogP contribution in [0, 0.1) is 0 Å². The quantitative estimate of drug-likeness (QED) is 0.805. The molecule has 3 rings (SSSR count). The molecule has 0 radical (unpaired) electrons. The van der Waals surface area contributed by atoms with Crippen molar-refractivity contribution < 1.29 is 4.42 Å². The average Bonchev–Trinajstić information content (AvgIpc) is 2.85. The first kappa shape index (κ1) is 9.33. The van der Waals surface area contributed by atoms with Gasteiger partial charge in [0.25, 0.3) is 0 Å². The van der Waals surface area contributed by atoms with E-state index in [1.165, 1.54) is 25.7 Å². The van der Waals surface area contributed by atoms with Gasteiger partial charge < -0.3 is 9.73 Å². The van der Waals surface area contributed by atoms with Crippen molar-refractivity contribution in [3.63, 3.8) is 0 Å². The molecule has 82 valence electrons. The molecule has 1 aliphatic carbocycles. The summed E-state index contributed by atoms with van der Waals surface area (Å²) in [6.45, 7) is 3.26. The minimum atomic E-state index is 0.194. The molecule has 2 heterocycles. The monoisotopic (exact) mass is 207 g/mol. The van der Waals surface area contributed by atoms with Gasteiger partial charge in [0.1, 0.15) is 0 Å². The summed E-state index contributed by atoms with van der Waals surface area (Å²) in [4.78, 5) is 0. The Labute approximate surface area is 89.5 Å². The smallest absolute Gasteiger partial charge is 0.233 e. The number of aromatic nitrogens is 2. The maximum Gasteiger partial charge on any atom is 0.233 e. The van der Waals surface area contributed by atoms with Gasteiger partial charge in [0.15, 0.2) is 0 Å². The van der Waals surface area contributed by atoms with Crippen molar-refractivity contribution in [3.05, 3.63) is 11.8 Å². The molecule has 4 nitrogen and oxygen atoms in total. The normalized spacial score (nSPS) is 29.0. The fourth-order valence-corrected chi connectivity index (χ4v) is 2.08. The van der Waals surface area contributed by atoms with Gasteiger partial charge in [-0.05, 0) is 32.2 Å². The van der Waals surface area contributed by atoms with E-state index in [9.17, 15) is 0 Å². The lowest BCUT2D eigenvalue weighted by atomic mass is 10.1. The van der Waals surface area contributed by atoms with E-state index in [-0.39, 0.29) is 5.41 Å². The lowest BCUT2D eigenvalue weighted by Gasteiger charge is -2.19. The molecule has 0 bridgehead atoms. The molecule has 1 N–H and O–H groups in total. The summed E-state index contributed by atoms with van der Waals surface area (Å²) in [5.41, 5.74) is 0.194. The van der Waals surface area contributed by atoms with E-state index < -0.39 is 0 Å². The maximum atomic E-state index is 5.77. The Hall–Kier alpha value is -0.900. The van der Waals surface area contributed by atoms with E-state index in [0.717, 1.165) is 24.7 Å². The van der Waals surface area contributed by atoms with E-state index in [2.05, 4.69) is 22.4 Å². The molecule has 0 spiro atoms. The molecule has 1 aromatic rings. The van der Waals surface area contributed by atoms with Gasteiger partial charge in [-0.15, -0.1) is 10.2 Å². The standard InChI is InChI=1S/C11H17N3O/c1-11(5-6-11)10-14-13-9(15-10)8-4-2-3-7-12-8/h8,12H,2-7H2,1H3. The number of nitrogens with zero attached hydrogens (tertiary/aromatic N) is 2. The first-order valence-electron chi connectivity index (χ1n) is 5.85. The van der Waals surface area contributed by atoms with Crippen LogP contribution >= 0.6 is 0 Å². The van der Waals surface area contributed by atoms with Crippen LogP contribution in [-0.2, 0) is 5.41 Å². The van der Waals surface area contributed by atoms with Crippen LogP contribution in [0.25, 0.3) is 0 Å². The predicted molar refractivity (Wildman–Crippen MR) is 55.5 cm³/mol. The van der Waals surface area contributed by atoms with Crippen LogP contribution in [0.5, 0.6) is 0 Å². The molecular formula is C11H17N3O. The lowest BCUT2D eigenvalue weighted by molar-refractivity contribution is 0.321. The zero-order valence-corrected chi connectivity index (χ0v) is 9.12. The zero-order valence-electron chi connectivity index (χ0n) is 9.12. The molecular weight excluding hydrogens is 190 g/mol. The third kappa shape index (κ3) is 1.67. The summed E-state index contributed by atoms with van der Waals surface area (Å²) >= 11 is 0. The molecule has 2 aliphatic rings. The fraction of sp³-hybridized carbons (Fsp3) is 0.818. The number of hydrogen-bond donors (Lipinski definition) is 1. The van der Waals surface area contributed by atoms with Gasteiger partial charge in [0, 0.05) is 5.41 Å². The predicted octanol–water partition coefficient (Wildman–Crippen LogP) is 1.94. The number of hydrogen-bond acceptors (Lipinski definition) is 4. The molecule has 1 atom stereocenters. The van der Waals surface area contributed by atoms with Crippen LogP contribution in [-0.4, -0.2) is 16.7 Å². The molecule has 1 unspecified atom stereocenters. The summed E-state index contributed by atoms with van der Waals surface area (Å²) in [6, 6.07) is 0.294. The van der Waals surface area contributed by atoms with Gasteiger partial charge in [-0.25, -0.2) is 0 Å².